The van der Waals surface area contributed by atoms with Crippen molar-refractivity contribution in [1.29, 1.82) is 0 Å². The van der Waals surface area contributed by atoms with Gasteiger partial charge in [0.2, 0.25) is 5.91 Å². The van der Waals surface area contributed by atoms with Gasteiger partial charge in [0.05, 0.1) is 5.52 Å². The van der Waals surface area contributed by atoms with Crippen LogP contribution in [0.1, 0.15) is 24.2 Å². The monoisotopic (exact) mass is 374 g/mol. The summed E-state index contributed by atoms with van der Waals surface area (Å²) in [5, 5.41) is 0.855. The molecule has 2 aromatic heterocycles. The average molecular weight is 374 g/mol. The van der Waals surface area contributed by atoms with Crippen molar-refractivity contribution in [3.05, 3.63) is 82.3 Å². The zero-order valence-corrected chi connectivity index (χ0v) is 16.2. The van der Waals surface area contributed by atoms with Crippen LogP contribution in [0.4, 0.5) is 0 Å². The third kappa shape index (κ3) is 2.97. The van der Waals surface area contributed by atoms with E-state index < -0.39 is 6.04 Å². The minimum Gasteiger partial charge on any atom is -0.340 e. The van der Waals surface area contributed by atoms with Crippen molar-refractivity contribution in [1.82, 2.24) is 19.1 Å². The molecule has 2 heterocycles. The number of nitrogens with zero attached hydrogens (tertiary/aromatic N) is 4. The number of hydrogen-bond donors (Lipinski definition) is 0. The number of likely N-dealkylation sites (N-methyl/N-ethyl adjacent to an activating group) is 1. The molecule has 2 aromatic carbocycles. The van der Waals surface area contributed by atoms with Crippen molar-refractivity contribution in [2.75, 3.05) is 7.05 Å². The number of carbonyl (C=O) groups excluding carboxylic acids is 1. The summed E-state index contributed by atoms with van der Waals surface area (Å²) in [6.07, 6.45) is 0. The van der Waals surface area contributed by atoms with Crippen LogP contribution in [0.5, 0.6) is 0 Å². The number of hydrogen-bond acceptors (Lipinski definition) is 3. The number of amides is 1. The predicted octanol–water partition coefficient (Wildman–Crippen LogP) is 3.18. The van der Waals surface area contributed by atoms with Gasteiger partial charge in [-0.3, -0.25) is 14.3 Å². The Labute approximate surface area is 162 Å². The third-order valence-electron chi connectivity index (χ3n) is 5.05. The fraction of sp³-hybridized carbons (Fsp3) is 0.227. The van der Waals surface area contributed by atoms with Crippen molar-refractivity contribution >= 4 is 22.5 Å². The Kier molecular flexibility index (Phi) is 4.47. The first-order valence-corrected chi connectivity index (χ1v) is 9.26. The molecule has 0 radical (unpaired) electrons. The van der Waals surface area contributed by atoms with E-state index in [9.17, 15) is 9.59 Å². The van der Waals surface area contributed by atoms with E-state index in [0.717, 1.165) is 22.2 Å². The quantitative estimate of drug-likeness (QED) is 0.551. The number of rotatable bonds is 4. The van der Waals surface area contributed by atoms with Crippen LogP contribution in [0, 0.1) is 6.92 Å². The molecule has 28 heavy (non-hydrogen) atoms. The Hall–Kier alpha value is -3.41. The molecule has 6 heteroatoms. The summed E-state index contributed by atoms with van der Waals surface area (Å²) in [5.74, 6) is -0.00962. The predicted molar refractivity (Wildman–Crippen MR) is 109 cm³/mol. The second-order valence-electron chi connectivity index (χ2n) is 7.09. The van der Waals surface area contributed by atoms with Gasteiger partial charge in [-0.05, 0) is 31.5 Å². The Morgan fingerprint density at radius 1 is 1.11 bits per heavy atom. The highest BCUT2D eigenvalue weighted by atomic mass is 16.2. The lowest BCUT2D eigenvalue weighted by Crippen LogP contribution is -2.34. The smallest absolute Gasteiger partial charge is 0.273 e. The van der Waals surface area contributed by atoms with Gasteiger partial charge in [-0.1, -0.05) is 42.5 Å². The lowest BCUT2D eigenvalue weighted by molar-refractivity contribution is -0.133. The molecule has 4 rings (SSSR count). The van der Waals surface area contributed by atoms with Gasteiger partial charge >= 0.3 is 0 Å². The van der Waals surface area contributed by atoms with Gasteiger partial charge in [-0.25, -0.2) is 4.52 Å². The van der Waals surface area contributed by atoms with Crippen LogP contribution < -0.4 is 5.56 Å². The lowest BCUT2D eigenvalue weighted by atomic mass is 10.2. The molecule has 0 aliphatic carbocycles. The van der Waals surface area contributed by atoms with E-state index in [1.54, 1.807) is 4.90 Å². The molecule has 0 fully saturated rings. The molecular weight excluding hydrogens is 352 g/mol. The van der Waals surface area contributed by atoms with E-state index in [0.29, 0.717) is 12.2 Å². The minimum absolute atomic E-state index is 0.00962. The Balaban J connectivity index is 1.81. The molecule has 142 valence electrons. The molecule has 1 amide bonds. The highest BCUT2D eigenvalue weighted by molar-refractivity contribution is 5.94. The zero-order chi connectivity index (χ0) is 19.8. The largest absolute Gasteiger partial charge is 0.340 e. The van der Waals surface area contributed by atoms with Crippen LogP contribution in [-0.2, 0) is 11.3 Å². The number of aromatic nitrogens is 3. The summed E-state index contributed by atoms with van der Waals surface area (Å²) in [6, 6.07) is 18.7. The second kappa shape index (κ2) is 6.96. The molecule has 0 saturated heterocycles. The van der Waals surface area contributed by atoms with E-state index in [-0.39, 0.29) is 11.5 Å². The molecular formula is C22H22N4O2. The molecule has 6 nitrogen and oxygen atoms in total. The van der Waals surface area contributed by atoms with E-state index in [1.165, 1.54) is 6.07 Å². The summed E-state index contributed by atoms with van der Waals surface area (Å²) in [7, 11) is 1.81. The van der Waals surface area contributed by atoms with E-state index in [2.05, 4.69) is 4.98 Å². The van der Waals surface area contributed by atoms with Gasteiger partial charge in [0.25, 0.3) is 5.56 Å². The highest BCUT2D eigenvalue weighted by Crippen LogP contribution is 2.25. The Morgan fingerprint density at radius 3 is 2.54 bits per heavy atom. The number of benzene rings is 2. The van der Waals surface area contributed by atoms with Crippen molar-refractivity contribution in [2.45, 2.75) is 26.4 Å². The highest BCUT2D eigenvalue weighted by Gasteiger charge is 2.24. The fourth-order valence-corrected chi connectivity index (χ4v) is 3.75. The molecule has 0 aliphatic rings. The van der Waals surface area contributed by atoms with E-state index >= 15 is 0 Å². The molecule has 4 aromatic rings. The van der Waals surface area contributed by atoms with Crippen LogP contribution in [0.3, 0.4) is 0 Å². The summed E-state index contributed by atoms with van der Waals surface area (Å²) in [4.78, 5) is 31.1. The number of aryl methyl sites for hydroxylation is 1. The first-order valence-electron chi connectivity index (χ1n) is 9.26. The lowest BCUT2D eigenvalue weighted by Gasteiger charge is -2.24. The summed E-state index contributed by atoms with van der Waals surface area (Å²) in [5.41, 5.74) is 3.00. The normalized spacial score (nSPS) is 12.4. The van der Waals surface area contributed by atoms with Crippen LogP contribution >= 0.6 is 0 Å². The van der Waals surface area contributed by atoms with Crippen molar-refractivity contribution < 1.29 is 4.79 Å². The maximum atomic E-state index is 13.2. The molecule has 0 aliphatic heterocycles. The molecule has 0 saturated carbocycles. The van der Waals surface area contributed by atoms with Gasteiger partial charge in [0.1, 0.15) is 6.04 Å². The standard InChI is InChI=1S/C22H22N4O2/c1-15-13-20(27)23-21-18-11-7-8-12-19(18)26(25(15)21)16(2)22(28)24(3)14-17-9-5-4-6-10-17/h4-13,16H,14H2,1-3H3. The van der Waals surface area contributed by atoms with Crippen LogP contribution in [0.25, 0.3) is 16.6 Å². The molecule has 0 bridgehead atoms. The summed E-state index contributed by atoms with van der Waals surface area (Å²) < 4.78 is 3.79. The number of para-hydroxylation sites is 1. The minimum atomic E-state index is -0.459. The summed E-state index contributed by atoms with van der Waals surface area (Å²) in [6.45, 7) is 4.28. The van der Waals surface area contributed by atoms with Crippen LogP contribution in [0.2, 0.25) is 0 Å². The second-order valence-corrected chi connectivity index (χ2v) is 7.09. The molecule has 0 spiro atoms. The van der Waals surface area contributed by atoms with Crippen LogP contribution in [0.15, 0.2) is 65.5 Å². The average Bonchev–Trinajstić information content (AvgIpc) is 3.02. The first-order chi connectivity index (χ1) is 13.5. The SMILES string of the molecule is Cc1cc(=O)nc2c3ccccc3n(C(C)C(=O)N(C)Cc3ccccc3)n12. The first kappa shape index (κ1) is 18.0. The third-order valence-corrected chi connectivity index (χ3v) is 5.05. The maximum Gasteiger partial charge on any atom is 0.273 e. The van der Waals surface area contributed by atoms with Crippen molar-refractivity contribution in [2.24, 2.45) is 0 Å². The molecule has 0 N–H and O–H groups in total. The zero-order valence-electron chi connectivity index (χ0n) is 16.2. The van der Waals surface area contributed by atoms with Gasteiger partial charge in [-0.15, -0.1) is 0 Å². The van der Waals surface area contributed by atoms with Gasteiger partial charge in [-0.2, -0.15) is 4.98 Å². The fourth-order valence-electron chi connectivity index (χ4n) is 3.75. The van der Waals surface area contributed by atoms with E-state index in [1.807, 2.05) is 84.7 Å². The number of carbonyl (C=O) groups is 1. The van der Waals surface area contributed by atoms with Gasteiger partial charge in [0.15, 0.2) is 5.65 Å². The summed E-state index contributed by atoms with van der Waals surface area (Å²) >= 11 is 0. The van der Waals surface area contributed by atoms with Crippen LogP contribution in [-0.4, -0.2) is 32.0 Å². The van der Waals surface area contributed by atoms with Gasteiger partial charge < -0.3 is 4.90 Å². The topological polar surface area (TPSA) is 59.6 Å². The maximum absolute atomic E-state index is 13.2. The Bertz CT molecular complexity index is 1220. The number of fused-ring (bicyclic) bond motifs is 3. The molecule has 1 atom stereocenters. The van der Waals surface area contributed by atoms with Crippen molar-refractivity contribution in [3.63, 3.8) is 0 Å². The Morgan fingerprint density at radius 2 is 1.79 bits per heavy atom. The van der Waals surface area contributed by atoms with Crippen molar-refractivity contribution in [3.8, 4) is 0 Å². The van der Waals surface area contributed by atoms with Gasteiger partial charge in [0, 0.05) is 30.7 Å². The van der Waals surface area contributed by atoms with E-state index in [4.69, 9.17) is 0 Å². The molecule has 1 unspecified atom stereocenters.